The Balaban J connectivity index is 0.00000140. The third-order valence-electron chi connectivity index (χ3n) is 5.08. The Morgan fingerprint density at radius 3 is 2.36 bits per heavy atom. The van der Waals surface area contributed by atoms with E-state index < -0.39 is 0 Å². The molecule has 152 valence electrons. The average Bonchev–Trinajstić information content (AvgIpc) is 2.67. The van der Waals surface area contributed by atoms with E-state index in [9.17, 15) is 0 Å². The van der Waals surface area contributed by atoms with Gasteiger partial charge >= 0.3 is 0 Å². The number of piperazine rings is 1. The van der Waals surface area contributed by atoms with Crippen molar-refractivity contribution in [3.63, 3.8) is 0 Å². The fourth-order valence-electron chi connectivity index (χ4n) is 3.64. The van der Waals surface area contributed by atoms with E-state index in [1.165, 1.54) is 21.6 Å². The van der Waals surface area contributed by atoms with E-state index in [1.807, 2.05) is 12.1 Å². The highest BCUT2D eigenvalue weighted by atomic mass is 35.5. The van der Waals surface area contributed by atoms with E-state index in [0.29, 0.717) is 0 Å². The molecule has 4 rings (SSSR count). The summed E-state index contributed by atoms with van der Waals surface area (Å²) in [6.07, 6.45) is 2.36. The molecule has 0 aromatic heterocycles. The lowest BCUT2D eigenvalue weighted by molar-refractivity contribution is 0.120. The fraction of sp³-hybridized carbons (Fsp3) is 0.333. The van der Waals surface area contributed by atoms with Gasteiger partial charge in [0.2, 0.25) is 0 Å². The molecular formula is C21H25Cl3N2OS. The molecule has 3 nitrogen and oxygen atoms in total. The van der Waals surface area contributed by atoms with Gasteiger partial charge in [0.05, 0.1) is 11.6 Å². The molecule has 2 aromatic rings. The van der Waals surface area contributed by atoms with Gasteiger partial charge in [-0.15, -0.1) is 24.8 Å². The lowest BCUT2D eigenvalue weighted by Crippen LogP contribution is -2.47. The zero-order valence-corrected chi connectivity index (χ0v) is 18.7. The molecule has 0 aliphatic carbocycles. The minimum atomic E-state index is 0. The topological polar surface area (TPSA) is 26.7 Å². The second-order valence-corrected chi connectivity index (χ2v) is 8.16. The Hall–Kier alpha value is -0.720. The first kappa shape index (κ1) is 23.6. The number of halogens is 3. The molecule has 28 heavy (non-hydrogen) atoms. The zero-order valence-electron chi connectivity index (χ0n) is 15.5. The van der Waals surface area contributed by atoms with Gasteiger partial charge in [0.15, 0.2) is 0 Å². The second kappa shape index (κ2) is 10.9. The third-order valence-corrected chi connectivity index (χ3v) is 6.73. The van der Waals surface area contributed by atoms with Gasteiger partial charge in [-0.3, -0.25) is 9.80 Å². The number of hydrogen-bond acceptors (Lipinski definition) is 4. The summed E-state index contributed by atoms with van der Waals surface area (Å²) in [6, 6.07) is 14.8. The number of nitrogens with zero attached hydrogens (tertiary/aromatic N) is 2. The third kappa shape index (κ3) is 5.06. The van der Waals surface area contributed by atoms with Crippen LogP contribution in [-0.4, -0.2) is 60.8 Å². The summed E-state index contributed by atoms with van der Waals surface area (Å²) in [5.41, 5.74) is 3.82. The van der Waals surface area contributed by atoms with Crippen LogP contribution in [-0.2, 0) is 0 Å². The maximum atomic E-state index is 9.09. The monoisotopic (exact) mass is 458 g/mol. The van der Waals surface area contributed by atoms with Gasteiger partial charge < -0.3 is 5.11 Å². The molecule has 7 heteroatoms. The van der Waals surface area contributed by atoms with E-state index in [1.54, 1.807) is 11.8 Å². The Kier molecular flexibility index (Phi) is 9.16. The number of β-amino-alcohol motifs (C(OH)–C–C–N with tert-alkyl or cyclic N) is 1. The van der Waals surface area contributed by atoms with E-state index in [2.05, 4.69) is 46.2 Å². The maximum Gasteiger partial charge on any atom is 0.0558 e. The van der Waals surface area contributed by atoms with Crippen LogP contribution in [0.1, 0.15) is 11.1 Å². The van der Waals surface area contributed by atoms with Crippen LogP contribution in [0.15, 0.2) is 58.3 Å². The summed E-state index contributed by atoms with van der Waals surface area (Å²) in [4.78, 5) is 7.24. The Morgan fingerprint density at radius 1 is 0.929 bits per heavy atom. The van der Waals surface area contributed by atoms with Crippen molar-refractivity contribution in [3.05, 3.63) is 64.7 Å². The molecule has 1 N–H and O–H groups in total. The summed E-state index contributed by atoms with van der Waals surface area (Å²) >= 11 is 8.25. The summed E-state index contributed by atoms with van der Waals surface area (Å²) in [5.74, 6) is 0. The summed E-state index contributed by atoms with van der Waals surface area (Å²) in [7, 11) is 0. The van der Waals surface area contributed by atoms with Gasteiger partial charge in [0.25, 0.3) is 0 Å². The van der Waals surface area contributed by atoms with Crippen molar-refractivity contribution in [3.8, 4) is 0 Å². The highest BCUT2D eigenvalue weighted by Gasteiger charge is 2.23. The Morgan fingerprint density at radius 2 is 1.61 bits per heavy atom. The van der Waals surface area contributed by atoms with Crippen LogP contribution in [0.25, 0.3) is 5.57 Å². The Bertz CT molecular complexity index is 823. The first-order valence-corrected chi connectivity index (χ1v) is 10.3. The number of fused-ring (bicyclic) bond motifs is 2. The smallest absolute Gasteiger partial charge is 0.0558 e. The molecule has 0 spiro atoms. The predicted molar refractivity (Wildman–Crippen MR) is 124 cm³/mol. The zero-order chi connectivity index (χ0) is 17.9. The molecule has 2 aliphatic rings. The van der Waals surface area contributed by atoms with E-state index >= 15 is 0 Å². The number of rotatable bonds is 4. The summed E-state index contributed by atoms with van der Waals surface area (Å²) < 4.78 is 0. The van der Waals surface area contributed by atoms with E-state index in [4.69, 9.17) is 16.7 Å². The van der Waals surface area contributed by atoms with Crippen LogP contribution in [0, 0.1) is 0 Å². The second-order valence-electron chi connectivity index (χ2n) is 6.70. The normalized spacial score (nSPS) is 18.0. The van der Waals surface area contributed by atoms with Crippen LogP contribution in [0.3, 0.4) is 0 Å². The van der Waals surface area contributed by atoms with Crippen LogP contribution >= 0.6 is 48.2 Å². The van der Waals surface area contributed by atoms with Gasteiger partial charge in [-0.2, -0.15) is 0 Å². The van der Waals surface area contributed by atoms with Crippen molar-refractivity contribution in [2.75, 3.05) is 45.9 Å². The molecule has 1 fully saturated rings. The molecule has 0 atom stereocenters. The predicted octanol–water partition coefficient (Wildman–Crippen LogP) is 4.69. The molecule has 2 aliphatic heterocycles. The maximum absolute atomic E-state index is 9.09. The molecule has 0 radical (unpaired) electrons. The standard InChI is InChI=1S/C21H23ClN2OS.2ClH/c22-19-6-3-5-18-16(17-4-1-2-7-20(17)26-21(18)19)8-9-23-10-12-24(13-11-23)14-15-25;;/h1-8,25H,9-15H2;2*1H/b16-8+;;. The van der Waals surface area contributed by atoms with Crippen molar-refractivity contribution in [1.82, 2.24) is 9.80 Å². The molecule has 1 saturated heterocycles. The number of hydrogen-bond donors (Lipinski definition) is 1. The van der Waals surface area contributed by atoms with Gasteiger partial charge in [-0.25, -0.2) is 0 Å². The highest BCUT2D eigenvalue weighted by Crippen LogP contribution is 2.47. The molecule has 0 bridgehead atoms. The lowest BCUT2D eigenvalue weighted by Gasteiger charge is -2.34. The van der Waals surface area contributed by atoms with Crippen LogP contribution in [0.5, 0.6) is 0 Å². The fourth-order valence-corrected chi connectivity index (χ4v) is 5.03. The number of aliphatic hydroxyl groups is 1. The van der Waals surface area contributed by atoms with Crippen molar-refractivity contribution in [2.24, 2.45) is 0 Å². The summed E-state index contributed by atoms with van der Waals surface area (Å²) in [5, 5.41) is 9.91. The molecule has 0 unspecified atom stereocenters. The van der Waals surface area contributed by atoms with Gasteiger partial charge in [0, 0.05) is 49.1 Å². The van der Waals surface area contributed by atoms with Crippen LogP contribution in [0.4, 0.5) is 0 Å². The van der Waals surface area contributed by atoms with E-state index in [0.717, 1.165) is 49.2 Å². The SMILES string of the molecule is Cl.Cl.OCCN1CCN(C/C=C2\c3ccccc3Sc3c(Cl)cccc32)CC1. The Labute approximate surface area is 188 Å². The lowest BCUT2D eigenvalue weighted by atomic mass is 9.96. The van der Waals surface area contributed by atoms with Gasteiger partial charge in [-0.1, -0.05) is 59.8 Å². The number of aliphatic hydroxyl groups excluding tert-OH is 1. The van der Waals surface area contributed by atoms with Crippen LogP contribution in [0.2, 0.25) is 5.02 Å². The molecule has 2 aromatic carbocycles. The van der Waals surface area contributed by atoms with E-state index in [-0.39, 0.29) is 31.4 Å². The number of benzene rings is 2. The van der Waals surface area contributed by atoms with Crippen molar-refractivity contribution >= 4 is 53.7 Å². The minimum Gasteiger partial charge on any atom is -0.395 e. The molecule has 0 amide bonds. The van der Waals surface area contributed by atoms with Gasteiger partial charge in [-0.05, 0) is 28.8 Å². The first-order valence-electron chi connectivity index (χ1n) is 9.08. The minimum absolute atomic E-state index is 0. The van der Waals surface area contributed by atoms with Crippen molar-refractivity contribution in [1.29, 1.82) is 0 Å². The molecule has 0 saturated carbocycles. The van der Waals surface area contributed by atoms with Crippen molar-refractivity contribution in [2.45, 2.75) is 9.79 Å². The van der Waals surface area contributed by atoms with Gasteiger partial charge in [0.1, 0.15) is 0 Å². The molecular weight excluding hydrogens is 435 g/mol. The largest absolute Gasteiger partial charge is 0.395 e. The summed E-state index contributed by atoms with van der Waals surface area (Å²) in [6.45, 7) is 6.11. The first-order chi connectivity index (χ1) is 12.8. The average molecular weight is 460 g/mol. The quantitative estimate of drug-likeness (QED) is 0.612. The van der Waals surface area contributed by atoms with Crippen molar-refractivity contribution < 1.29 is 5.11 Å². The highest BCUT2D eigenvalue weighted by molar-refractivity contribution is 7.99. The molecule has 2 heterocycles. The van der Waals surface area contributed by atoms with Crippen LogP contribution < -0.4 is 0 Å².